The second-order valence-corrected chi connectivity index (χ2v) is 5.39. The van der Waals surface area contributed by atoms with Crippen LogP contribution in [-0.2, 0) is 0 Å². The fourth-order valence-corrected chi connectivity index (χ4v) is 2.09. The number of anilines is 1. The summed E-state index contributed by atoms with van der Waals surface area (Å²) in [6.07, 6.45) is 6.03. The first kappa shape index (κ1) is 11.3. The monoisotopic (exact) mass is 242 g/mol. The first-order valence-corrected chi connectivity index (χ1v) is 6.41. The van der Waals surface area contributed by atoms with E-state index in [1.165, 1.54) is 12.8 Å². The van der Waals surface area contributed by atoms with Crippen molar-refractivity contribution in [2.24, 2.45) is 5.41 Å². The Balaban J connectivity index is 1.71. The molecule has 0 bridgehead atoms. The van der Waals surface area contributed by atoms with Gasteiger partial charge in [0, 0.05) is 11.7 Å². The highest BCUT2D eigenvalue weighted by atomic mass is 15.5. The average molecular weight is 242 g/mol. The van der Waals surface area contributed by atoms with Crippen molar-refractivity contribution in [2.75, 3.05) is 5.32 Å². The van der Waals surface area contributed by atoms with Crippen molar-refractivity contribution in [3.05, 3.63) is 36.7 Å². The van der Waals surface area contributed by atoms with Gasteiger partial charge in [-0.2, -0.15) is 15.0 Å². The van der Waals surface area contributed by atoms with E-state index in [-0.39, 0.29) is 0 Å². The molecule has 4 heteroatoms. The Morgan fingerprint density at radius 3 is 2.33 bits per heavy atom. The first-order valence-electron chi connectivity index (χ1n) is 6.41. The predicted molar refractivity (Wildman–Crippen MR) is 71.8 cm³/mol. The maximum Gasteiger partial charge on any atom is 0.0858 e. The van der Waals surface area contributed by atoms with Gasteiger partial charge in [-0.25, -0.2) is 0 Å². The molecule has 4 nitrogen and oxygen atoms in total. The van der Waals surface area contributed by atoms with Crippen LogP contribution in [0.4, 0.5) is 5.69 Å². The Labute approximate surface area is 107 Å². The van der Waals surface area contributed by atoms with Crippen molar-refractivity contribution >= 4 is 5.69 Å². The van der Waals surface area contributed by atoms with Gasteiger partial charge in [0.25, 0.3) is 0 Å². The third-order valence-electron chi connectivity index (χ3n) is 3.98. The average Bonchev–Trinajstić information content (AvgIpc) is 2.94. The summed E-state index contributed by atoms with van der Waals surface area (Å²) in [6.45, 7) is 4.60. The van der Waals surface area contributed by atoms with Gasteiger partial charge in [-0.15, -0.1) is 0 Å². The summed E-state index contributed by atoms with van der Waals surface area (Å²) < 4.78 is 0. The third-order valence-corrected chi connectivity index (χ3v) is 3.98. The molecule has 0 saturated heterocycles. The summed E-state index contributed by atoms with van der Waals surface area (Å²) in [6, 6.07) is 8.75. The van der Waals surface area contributed by atoms with E-state index in [1.807, 2.05) is 12.1 Å². The van der Waals surface area contributed by atoms with Gasteiger partial charge in [0.1, 0.15) is 0 Å². The molecule has 1 aromatic heterocycles. The minimum Gasteiger partial charge on any atom is -0.382 e. The molecule has 1 aliphatic carbocycles. The van der Waals surface area contributed by atoms with Gasteiger partial charge in [-0.05, 0) is 49.4 Å². The van der Waals surface area contributed by atoms with Crippen molar-refractivity contribution in [3.8, 4) is 5.69 Å². The molecule has 1 fully saturated rings. The van der Waals surface area contributed by atoms with Crippen LogP contribution in [0.15, 0.2) is 36.7 Å². The largest absolute Gasteiger partial charge is 0.382 e. The molecule has 1 saturated carbocycles. The maximum atomic E-state index is 4.11. The van der Waals surface area contributed by atoms with Crippen molar-refractivity contribution in [2.45, 2.75) is 32.7 Å². The van der Waals surface area contributed by atoms with Crippen molar-refractivity contribution in [3.63, 3.8) is 0 Å². The van der Waals surface area contributed by atoms with Crippen LogP contribution >= 0.6 is 0 Å². The van der Waals surface area contributed by atoms with Crippen LogP contribution in [-0.4, -0.2) is 21.0 Å². The molecule has 1 N–H and O–H groups in total. The first-order chi connectivity index (χ1) is 8.67. The van der Waals surface area contributed by atoms with Crippen molar-refractivity contribution in [1.82, 2.24) is 15.0 Å². The summed E-state index contributed by atoms with van der Waals surface area (Å²) in [4.78, 5) is 1.62. The smallest absolute Gasteiger partial charge is 0.0858 e. The predicted octanol–water partition coefficient (Wildman–Crippen LogP) is 2.87. The fraction of sp³-hybridized carbons (Fsp3) is 0.429. The number of aromatic nitrogens is 3. The number of nitrogens with one attached hydrogen (secondary N) is 1. The molecule has 1 aromatic carbocycles. The molecule has 1 atom stereocenters. The van der Waals surface area contributed by atoms with Crippen molar-refractivity contribution < 1.29 is 0 Å². The van der Waals surface area contributed by atoms with E-state index < -0.39 is 0 Å². The molecule has 0 amide bonds. The van der Waals surface area contributed by atoms with E-state index in [0.29, 0.717) is 11.5 Å². The number of nitrogens with zero attached hydrogens (tertiary/aromatic N) is 3. The van der Waals surface area contributed by atoms with E-state index in [9.17, 15) is 0 Å². The van der Waals surface area contributed by atoms with Gasteiger partial charge < -0.3 is 5.32 Å². The lowest BCUT2D eigenvalue weighted by molar-refractivity contribution is 0.493. The topological polar surface area (TPSA) is 42.7 Å². The van der Waals surface area contributed by atoms with Gasteiger partial charge >= 0.3 is 0 Å². The minimum atomic E-state index is 0.488. The van der Waals surface area contributed by atoms with Crippen LogP contribution in [0.2, 0.25) is 0 Å². The zero-order valence-electron chi connectivity index (χ0n) is 10.8. The van der Waals surface area contributed by atoms with E-state index >= 15 is 0 Å². The summed E-state index contributed by atoms with van der Waals surface area (Å²) in [5.74, 6) is 0. The number of hydrogen-bond acceptors (Lipinski definition) is 3. The Bertz CT molecular complexity index is 511. The normalized spacial score (nSPS) is 18.3. The maximum absolute atomic E-state index is 4.11. The zero-order chi connectivity index (χ0) is 12.6. The van der Waals surface area contributed by atoms with Gasteiger partial charge in [0.2, 0.25) is 0 Å². The highest BCUT2D eigenvalue weighted by Gasteiger charge is 2.42. The Morgan fingerprint density at radius 1 is 1.17 bits per heavy atom. The summed E-state index contributed by atoms with van der Waals surface area (Å²) >= 11 is 0. The van der Waals surface area contributed by atoms with E-state index in [2.05, 4.69) is 41.5 Å². The summed E-state index contributed by atoms with van der Waals surface area (Å²) in [5, 5.41) is 11.8. The molecule has 2 aromatic rings. The van der Waals surface area contributed by atoms with Crippen LogP contribution in [0.3, 0.4) is 0 Å². The van der Waals surface area contributed by atoms with Crippen LogP contribution in [0.1, 0.15) is 26.7 Å². The molecule has 1 aliphatic rings. The van der Waals surface area contributed by atoms with E-state index in [4.69, 9.17) is 0 Å². The molecular formula is C14H18N4. The highest BCUT2D eigenvalue weighted by molar-refractivity contribution is 5.49. The van der Waals surface area contributed by atoms with Crippen LogP contribution < -0.4 is 5.32 Å². The lowest BCUT2D eigenvalue weighted by Gasteiger charge is -2.21. The molecule has 0 radical (unpaired) electrons. The standard InChI is InChI=1S/C14H18N4/c1-11(14(2)7-8-14)17-12-3-5-13(6-4-12)18-15-9-10-16-18/h3-6,9-11,17H,7-8H2,1-2H3. The van der Waals surface area contributed by atoms with Gasteiger partial charge in [0.15, 0.2) is 0 Å². The lowest BCUT2D eigenvalue weighted by Crippen LogP contribution is -2.24. The molecule has 1 unspecified atom stereocenters. The van der Waals surface area contributed by atoms with E-state index in [1.54, 1.807) is 17.2 Å². The van der Waals surface area contributed by atoms with Crippen molar-refractivity contribution in [1.29, 1.82) is 0 Å². The summed E-state index contributed by atoms with van der Waals surface area (Å²) in [5.41, 5.74) is 2.63. The Hall–Kier alpha value is -1.84. The Kier molecular flexibility index (Phi) is 2.58. The molecule has 0 aliphatic heterocycles. The number of rotatable bonds is 4. The molecule has 3 rings (SSSR count). The van der Waals surface area contributed by atoms with Crippen LogP contribution in [0.25, 0.3) is 5.69 Å². The molecule has 18 heavy (non-hydrogen) atoms. The lowest BCUT2D eigenvalue weighted by atomic mass is 10.0. The SMILES string of the molecule is CC(Nc1ccc(-n2nccn2)cc1)C1(C)CC1. The van der Waals surface area contributed by atoms with Crippen LogP contribution in [0, 0.1) is 5.41 Å². The minimum absolute atomic E-state index is 0.488. The quantitative estimate of drug-likeness (QED) is 0.896. The summed E-state index contributed by atoms with van der Waals surface area (Å²) in [7, 11) is 0. The molecule has 94 valence electrons. The zero-order valence-corrected chi connectivity index (χ0v) is 10.8. The molecule has 1 heterocycles. The highest BCUT2D eigenvalue weighted by Crippen LogP contribution is 2.48. The third kappa shape index (κ3) is 2.10. The Morgan fingerprint density at radius 2 is 1.78 bits per heavy atom. The molecule has 0 spiro atoms. The second kappa shape index (κ2) is 4.12. The van der Waals surface area contributed by atoms with Crippen LogP contribution in [0.5, 0.6) is 0 Å². The van der Waals surface area contributed by atoms with E-state index in [0.717, 1.165) is 11.4 Å². The number of hydrogen-bond donors (Lipinski definition) is 1. The second-order valence-electron chi connectivity index (χ2n) is 5.39. The fourth-order valence-electron chi connectivity index (χ4n) is 2.09. The number of benzene rings is 1. The van der Waals surface area contributed by atoms with Gasteiger partial charge in [0.05, 0.1) is 18.1 Å². The molecular weight excluding hydrogens is 224 g/mol. The van der Waals surface area contributed by atoms with Gasteiger partial charge in [-0.3, -0.25) is 0 Å². The van der Waals surface area contributed by atoms with Gasteiger partial charge in [-0.1, -0.05) is 6.92 Å².